The van der Waals surface area contributed by atoms with Crippen LogP contribution in [0, 0.1) is 17.0 Å². The fraction of sp³-hybridized carbons (Fsp3) is 0.235. The number of non-ortho nitro benzene ring substituents is 1. The van der Waals surface area contributed by atoms with Gasteiger partial charge in [-0.2, -0.15) is 0 Å². The van der Waals surface area contributed by atoms with Crippen LogP contribution in [-0.4, -0.2) is 16.9 Å². The molecule has 0 heterocycles. The van der Waals surface area contributed by atoms with Crippen molar-refractivity contribution in [2.24, 2.45) is 0 Å². The first-order valence-corrected chi connectivity index (χ1v) is 8.10. The van der Waals surface area contributed by atoms with Crippen molar-refractivity contribution in [2.45, 2.75) is 26.9 Å². The summed E-state index contributed by atoms with van der Waals surface area (Å²) >= 11 is 3.35. The van der Waals surface area contributed by atoms with Crippen LogP contribution in [-0.2, 0) is 0 Å². The number of aryl methyl sites for hydroxylation is 1. The minimum atomic E-state index is -0.471. The van der Waals surface area contributed by atoms with Gasteiger partial charge in [0.15, 0.2) is 0 Å². The Bertz CT molecular complexity index is 790. The van der Waals surface area contributed by atoms with Crippen molar-refractivity contribution in [1.29, 1.82) is 0 Å². The van der Waals surface area contributed by atoms with Crippen molar-refractivity contribution in [1.82, 2.24) is 0 Å². The minimum absolute atomic E-state index is 0.0169. The van der Waals surface area contributed by atoms with E-state index >= 15 is 0 Å². The number of amides is 1. The number of nitrogens with one attached hydrogen (secondary N) is 1. The van der Waals surface area contributed by atoms with E-state index in [9.17, 15) is 14.9 Å². The molecule has 0 saturated heterocycles. The van der Waals surface area contributed by atoms with Gasteiger partial charge in [-0.3, -0.25) is 14.9 Å². The van der Waals surface area contributed by atoms with E-state index in [4.69, 9.17) is 4.74 Å². The van der Waals surface area contributed by atoms with Crippen LogP contribution in [0.1, 0.15) is 29.8 Å². The highest BCUT2D eigenvalue weighted by atomic mass is 79.9. The second-order valence-corrected chi connectivity index (χ2v) is 6.43. The highest BCUT2D eigenvalue weighted by Gasteiger charge is 2.16. The number of rotatable bonds is 5. The molecule has 126 valence electrons. The van der Waals surface area contributed by atoms with E-state index in [1.165, 1.54) is 18.2 Å². The van der Waals surface area contributed by atoms with E-state index in [1.54, 1.807) is 25.1 Å². The van der Waals surface area contributed by atoms with Crippen LogP contribution in [0.4, 0.5) is 11.4 Å². The molecule has 0 aliphatic rings. The lowest BCUT2D eigenvalue weighted by molar-refractivity contribution is -0.384. The van der Waals surface area contributed by atoms with Gasteiger partial charge in [-0.25, -0.2) is 0 Å². The molecule has 0 radical (unpaired) electrons. The Hall–Kier alpha value is -2.41. The summed E-state index contributed by atoms with van der Waals surface area (Å²) in [5.41, 5.74) is 1.49. The number of hydrogen-bond donors (Lipinski definition) is 1. The summed E-state index contributed by atoms with van der Waals surface area (Å²) in [7, 11) is 0. The van der Waals surface area contributed by atoms with Gasteiger partial charge in [-0.05, 0) is 50.6 Å². The zero-order valence-electron chi connectivity index (χ0n) is 13.5. The molecule has 0 saturated carbocycles. The standard InChI is InChI=1S/C17H17BrN2O4/c1-10(2)24-16-7-4-12(18)9-14(16)17(21)19-15-6-5-13(20(22)23)8-11(15)3/h4-10H,1-3H3,(H,19,21). The largest absolute Gasteiger partial charge is 0.490 e. The number of carbonyl (C=O) groups is 1. The number of halogens is 1. The van der Waals surface area contributed by atoms with E-state index in [1.807, 2.05) is 13.8 Å². The van der Waals surface area contributed by atoms with Gasteiger partial charge in [0.2, 0.25) is 0 Å². The number of anilines is 1. The molecular formula is C17H17BrN2O4. The lowest BCUT2D eigenvalue weighted by atomic mass is 10.1. The molecule has 2 rings (SSSR count). The number of benzene rings is 2. The smallest absolute Gasteiger partial charge is 0.269 e. The van der Waals surface area contributed by atoms with Gasteiger partial charge in [0.25, 0.3) is 11.6 Å². The topological polar surface area (TPSA) is 81.5 Å². The molecule has 0 atom stereocenters. The zero-order chi connectivity index (χ0) is 17.9. The van der Waals surface area contributed by atoms with Gasteiger partial charge in [-0.15, -0.1) is 0 Å². The monoisotopic (exact) mass is 392 g/mol. The molecule has 0 bridgehead atoms. The number of carbonyl (C=O) groups excluding carboxylic acids is 1. The molecule has 0 unspecified atom stereocenters. The highest BCUT2D eigenvalue weighted by molar-refractivity contribution is 9.10. The average molecular weight is 393 g/mol. The summed E-state index contributed by atoms with van der Waals surface area (Å²) in [5, 5.41) is 13.6. The summed E-state index contributed by atoms with van der Waals surface area (Å²) in [6, 6.07) is 9.49. The highest BCUT2D eigenvalue weighted by Crippen LogP contribution is 2.27. The molecule has 1 amide bonds. The molecule has 7 heteroatoms. The van der Waals surface area contributed by atoms with Crippen molar-refractivity contribution in [3.05, 3.63) is 62.1 Å². The van der Waals surface area contributed by atoms with E-state index in [2.05, 4.69) is 21.2 Å². The number of ether oxygens (including phenoxy) is 1. The minimum Gasteiger partial charge on any atom is -0.490 e. The molecule has 0 aliphatic heterocycles. The number of nitro benzene ring substituents is 1. The maximum atomic E-state index is 12.6. The summed E-state index contributed by atoms with van der Waals surface area (Å²) in [6.45, 7) is 5.46. The van der Waals surface area contributed by atoms with Crippen LogP contribution < -0.4 is 10.1 Å². The van der Waals surface area contributed by atoms with Crippen LogP contribution in [0.5, 0.6) is 5.75 Å². The molecule has 2 aromatic carbocycles. The van der Waals surface area contributed by atoms with Crippen molar-refractivity contribution in [3.8, 4) is 5.75 Å². The lowest BCUT2D eigenvalue weighted by Crippen LogP contribution is -2.16. The van der Waals surface area contributed by atoms with Crippen molar-refractivity contribution in [3.63, 3.8) is 0 Å². The molecule has 6 nitrogen and oxygen atoms in total. The first-order chi connectivity index (χ1) is 11.3. The third-order valence-corrected chi connectivity index (χ3v) is 3.71. The van der Waals surface area contributed by atoms with Gasteiger partial charge >= 0.3 is 0 Å². The number of nitrogens with zero attached hydrogens (tertiary/aromatic N) is 1. The van der Waals surface area contributed by atoms with Crippen LogP contribution in [0.15, 0.2) is 40.9 Å². The third kappa shape index (κ3) is 4.32. The second-order valence-electron chi connectivity index (χ2n) is 5.52. The van der Waals surface area contributed by atoms with E-state index < -0.39 is 4.92 Å². The normalized spacial score (nSPS) is 10.5. The van der Waals surface area contributed by atoms with E-state index in [0.717, 1.165) is 4.47 Å². The maximum absolute atomic E-state index is 12.6. The Morgan fingerprint density at radius 1 is 1.25 bits per heavy atom. The molecule has 1 N–H and O–H groups in total. The van der Waals surface area contributed by atoms with E-state index in [0.29, 0.717) is 22.6 Å². The Morgan fingerprint density at radius 2 is 1.96 bits per heavy atom. The first-order valence-electron chi connectivity index (χ1n) is 7.30. The third-order valence-electron chi connectivity index (χ3n) is 3.22. The van der Waals surface area contributed by atoms with Crippen molar-refractivity contribution >= 4 is 33.2 Å². The second kappa shape index (κ2) is 7.44. The fourth-order valence-corrected chi connectivity index (χ4v) is 2.49. The maximum Gasteiger partial charge on any atom is 0.269 e. The average Bonchev–Trinajstić information content (AvgIpc) is 2.50. The Labute approximate surface area is 148 Å². The van der Waals surface area contributed by atoms with Gasteiger partial charge in [0, 0.05) is 22.3 Å². The molecule has 0 aromatic heterocycles. The Morgan fingerprint density at radius 3 is 2.54 bits per heavy atom. The van der Waals surface area contributed by atoms with Crippen LogP contribution in [0.25, 0.3) is 0 Å². The number of hydrogen-bond acceptors (Lipinski definition) is 4. The van der Waals surface area contributed by atoms with Gasteiger partial charge in [0.05, 0.1) is 16.6 Å². The van der Waals surface area contributed by atoms with E-state index in [-0.39, 0.29) is 17.7 Å². The van der Waals surface area contributed by atoms with Crippen molar-refractivity contribution in [2.75, 3.05) is 5.32 Å². The summed E-state index contributed by atoms with van der Waals surface area (Å²) in [4.78, 5) is 22.9. The lowest BCUT2D eigenvalue weighted by Gasteiger charge is -2.15. The molecule has 24 heavy (non-hydrogen) atoms. The summed E-state index contributed by atoms with van der Waals surface area (Å²) in [5.74, 6) is 0.133. The van der Waals surface area contributed by atoms with Crippen molar-refractivity contribution < 1.29 is 14.5 Å². The van der Waals surface area contributed by atoms with Gasteiger partial charge in [-0.1, -0.05) is 15.9 Å². The first kappa shape index (κ1) is 17.9. The zero-order valence-corrected chi connectivity index (χ0v) is 15.1. The van der Waals surface area contributed by atoms with Gasteiger partial charge in [0.1, 0.15) is 5.75 Å². The molecular weight excluding hydrogens is 376 g/mol. The predicted molar refractivity (Wildman–Crippen MR) is 95.7 cm³/mol. The SMILES string of the molecule is Cc1cc([N+](=O)[O-])ccc1NC(=O)c1cc(Br)ccc1OC(C)C. The Kier molecular flexibility index (Phi) is 5.56. The number of nitro groups is 1. The molecule has 0 fully saturated rings. The molecule has 0 spiro atoms. The van der Waals surface area contributed by atoms with Gasteiger partial charge < -0.3 is 10.1 Å². The van der Waals surface area contributed by atoms with Crippen LogP contribution in [0.3, 0.4) is 0 Å². The predicted octanol–water partition coefficient (Wildman–Crippen LogP) is 4.71. The fourth-order valence-electron chi connectivity index (χ4n) is 2.13. The summed E-state index contributed by atoms with van der Waals surface area (Å²) in [6.07, 6.45) is -0.0705. The molecule has 0 aliphatic carbocycles. The summed E-state index contributed by atoms with van der Waals surface area (Å²) < 4.78 is 6.42. The molecule has 2 aromatic rings. The quantitative estimate of drug-likeness (QED) is 0.590. The Balaban J connectivity index is 2.30. The van der Waals surface area contributed by atoms with Crippen LogP contribution in [0.2, 0.25) is 0 Å². The van der Waals surface area contributed by atoms with Crippen LogP contribution >= 0.6 is 15.9 Å².